The molecule has 3 nitrogen and oxygen atoms in total. The summed E-state index contributed by atoms with van der Waals surface area (Å²) in [5.41, 5.74) is 2.55. The van der Waals surface area contributed by atoms with Crippen LogP contribution in [0.3, 0.4) is 0 Å². The van der Waals surface area contributed by atoms with Crippen molar-refractivity contribution in [1.82, 2.24) is 15.5 Å². The van der Waals surface area contributed by atoms with Gasteiger partial charge in [-0.2, -0.15) is 5.10 Å². The standard InChI is InChI=1S/C12H21N3/c1-9(13-2)7-11-8-12(15-14-11)10-5-3-4-6-10/h8-10,13H,3-7H2,1-2H3,(H,14,15). The zero-order chi connectivity index (χ0) is 10.7. The first kappa shape index (κ1) is 10.7. The third-order valence-electron chi connectivity index (χ3n) is 3.44. The van der Waals surface area contributed by atoms with E-state index < -0.39 is 0 Å². The molecule has 1 aliphatic carbocycles. The SMILES string of the molecule is CNC(C)Cc1cc(C2CCCC2)n[nH]1. The molecule has 1 unspecified atom stereocenters. The third-order valence-corrected chi connectivity index (χ3v) is 3.44. The van der Waals surface area contributed by atoms with Crippen LogP contribution in [0.2, 0.25) is 0 Å². The number of likely N-dealkylation sites (N-methyl/N-ethyl adjacent to an activating group) is 1. The van der Waals surface area contributed by atoms with Crippen LogP contribution < -0.4 is 5.32 Å². The number of H-pyrrole nitrogens is 1. The van der Waals surface area contributed by atoms with Gasteiger partial charge < -0.3 is 5.32 Å². The predicted octanol–water partition coefficient (Wildman–Crippen LogP) is 2.22. The van der Waals surface area contributed by atoms with E-state index in [1.807, 2.05) is 7.05 Å². The molecule has 1 aromatic rings. The van der Waals surface area contributed by atoms with Crippen LogP contribution in [0.5, 0.6) is 0 Å². The second-order valence-corrected chi connectivity index (χ2v) is 4.69. The van der Waals surface area contributed by atoms with Gasteiger partial charge in [-0.1, -0.05) is 12.8 Å². The summed E-state index contributed by atoms with van der Waals surface area (Å²) in [7, 11) is 2.00. The molecular weight excluding hydrogens is 186 g/mol. The van der Waals surface area contributed by atoms with Gasteiger partial charge in [-0.05, 0) is 32.9 Å². The van der Waals surface area contributed by atoms with E-state index in [1.165, 1.54) is 37.1 Å². The zero-order valence-corrected chi connectivity index (χ0v) is 9.71. The van der Waals surface area contributed by atoms with Crippen LogP contribution in [0.4, 0.5) is 0 Å². The minimum Gasteiger partial charge on any atom is -0.317 e. The monoisotopic (exact) mass is 207 g/mol. The normalized spacial score (nSPS) is 19.6. The Labute approximate surface area is 91.7 Å². The Bertz CT molecular complexity index is 300. The molecule has 84 valence electrons. The van der Waals surface area contributed by atoms with Crippen molar-refractivity contribution in [2.24, 2.45) is 0 Å². The number of aromatic nitrogens is 2. The molecule has 1 fully saturated rings. The van der Waals surface area contributed by atoms with Crippen LogP contribution >= 0.6 is 0 Å². The van der Waals surface area contributed by atoms with Gasteiger partial charge in [0.1, 0.15) is 0 Å². The summed E-state index contributed by atoms with van der Waals surface area (Å²) >= 11 is 0. The third kappa shape index (κ3) is 2.59. The predicted molar refractivity (Wildman–Crippen MR) is 62.0 cm³/mol. The highest BCUT2D eigenvalue weighted by molar-refractivity contribution is 5.15. The number of nitrogens with one attached hydrogen (secondary N) is 2. The number of hydrogen-bond acceptors (Lipinski definition) is 2. The Hall–Kier alpha value is -0.830. The first-order valence-electron chi connectivity index (χ1n) is 6.01. The van der Waals surface area contributed by atoms with Gasteiger partial charge in [-0.15, -0.1) is 0 Å². The molecule has 1 aliphatic rings. The second-order valence-electron chi connectivity index (χ2n) is 4.69. The quantitative estimate of drug-likeness (QED) is 0.794. The highest BCUT2D eigenvalue weighted by Gasteiger charge is 2.19. The highest BCUT2D eigenvalue weighted by atomic mass is 15.1. The van der Waals surface area contributed by atoms with Gasteiger partial charge in [-0.25, -0.2) is 0 Å². The molecule has 1 heterocycles. The van der Waals surface area contributed by atoms with Crippen molar-refractivity contribution >= 4 is 0 Å². The van der Waals surface area contributed by atoms with Crippen LogP contribution in [-0.4, -0.2) is 23.3 Å². The lowest BCUT2D eigenvalue weighted by Gasteiger charge is -2.07. The van der Waals surface area contributed by atoms with Crippen molar-refractivity contribution in [2.45, 2.75) is 51.0 Å². The molecule has 0 radical (unpaired) electrons. The van der Waals surface area contributed by atoms with E-state index in [1.54, 1.807) is 0 Å². The molecular formula is C12H21N3. The average Bonchev–Trinajstić information content (AvgIpc) is 2.85. The maximum Gasteiger partial charge on any atom is 0.0655 e. The van der Waals surface area contributed by atoms with Crippen molar-refractivity contribution in [3.63, 3.8) is 0 Å². The van der Waals surface area contributed by atoms with Crippen LogP contribution in [0.15, 0.2) is 6.07 Å². The Morgan fingerprint density at radius 3 is 2.93 bits per heavy atom. The van der Waals surface area contributed by atoms with Gasteiger partial charge in [0.15, 0.2) is 0 Å². The Morgan fingerprint density at radius 2 is 2.27 bits per heavy atom. The molecule has 3 heteroatoms. The van der Waals surface area contributed by atoms with E-state index in [0.717, 1.165) is 12.3 Å². The molecule has 1 saturated carbocycles. The number of nitrogens with zero attached hydrogens (tertiary/aromatic N) is 1. The average molecular weight is 207 g/mol. The van der Waals surface area contributed by atoms with Gasteiger partial charge in [-0.3, -0.25) is 5.10 Å². The number of rotatable bonds is 4. The van der Waals surface area contributed by atoms with Crippen LogP contribution in [0.25, 0.3) is 0 Å². The molecule has 2 rings (SSSR count). The number of aromatic amines is 1. The Kier molecular flexibility index (Phi) is 3.41. The topological polar surface area (TPSA) is 40.7 Å². The molecule has 0 aliphatic heterocycles. The van der Waals surface area contributed by atoms with E-state index in [4.69, 9.17) is 0 Å². The fourth-order valence-corrected chi connectivity index (χ4v) is 2.35. The van der Waals surface area contributed by atoms with Gasteiger partial charge >= 0.3 is 0 Å². The first-order valence-corrected chi connectivity index (χ1v) is 6.01. The lowest BCUT2D eigenvalue weighted by Crippen LogP contribution is -2.23. The zero-order valence-electron chi connectivity index (χ0n) is 9.71. The maximum atomic E-state index is 4.43. The molecule has 1 atom stereocenters. The molecule has 0 aromatic carbocycles. The van der Waals surface area contributed by atoms with Gasteiger partial charge in [0.2, 0.25) is 0 Å². The summed E-state index contributed by atoms with van der Waals surface area (Å²) in [6, 6.07) is 2.77. The second kappa shape index (κ2) is 4.79. The maximum absolute atomic E-state index is 4.43. The van der Waals surface area contributed by atoms with Gasteiger partial charge in [0.05, 0.1) is 5.69 Å². The molecule has 1 aromatic heterocycles. The van der Waals surface area contributed by atoms with Crippen molar-refractivity contribution in [1.29, 1.82) is 0 Å². The number of hydrogen-bond donors (Lipinski definition) is 2. The minimum absolute atomic E-state index is 0.516. The van der Waals surface area contributed by atoms with Crippen LogP contribution in [0.1, 0.15) is 49.9 Å². The summed E-state index contributed by atoms with van der Waals surface area (Å²) in [5, 5.41) is 10.8. The van der Waals surface area contributed by atoms with E-state index in [9.17, 15) is 0 Å². The lowest BCUT2D eigenvalue weighted by atomic mass is 10.0. The van der Waals surface area contributed by atoms with Crippen molar-refractivity contribution in [3.05, 3.63) is 17.5 Å². The molecule has 0 amide bonds. The van der Waals surface area contributed by atoms with Crippen molar-refractivity contribution in [3.8, 4) is 0 Å². The van der Waals surface area contributed by atoms with E-state index in [-0.39, 0.29) is 0 Å². The Morgan fingerprint density at radius 1 is 1.53 bits per heavy atom. The van der Waals surface area contributed by atoms with Crippen molar-refractivity contribution < 1.29 is 0 Å². The first-order chi connectivity index (χ1) is 7.29. The largest absolute Gasteiger partial charge is 0.317 e. The van der Waals surface area contributed by atoms with Crippen LogP contribution in [-0.2, 0) is 6.42 Å². The van der Waals surface area contributed by atoms with Gasteiger partial charge in [0, 0.05) is 24.1 Å². The smallest absolute Gasteiger partial charge is 0.0655 e. The highest BCUT2D eigenvalue weighted by Crippen LogP contribution is 2.33. The lowest BCUT2D eigenvalue weighted by molar-refractivity contribution is 0.599. The molecule has 0 spiro atoms. The summed E-state index contributed by atoms with van der Waals surface area (Å²) < 4.78 is 0. The summed E-state index contributed by atoms with van der Waals surface area (Å²) in [4.78, 5) is 0. The summed E-state index contributed by atoms with van der Waals surface area (Å²) in [5.74, 6) is 0.722. The fraction of sp³-hybridized carbons (Fsp3) is 0.750. The fourth-order valence-electron chi connectivity index (χ4n) is 2.35. The minimum atomic E-state index is 0.516. The van der Waals surface area contributed by atoms with Crippen molar-refractivity contribution in [2.75, 3.05) is 7.05 Å². The van der Waals surface area contributed by atoms with E-state index >= 15 is 0 Å². The molecule has 15 heavy (non-hydrogen) atoms. The molecule has 2 N–H and O–H groups in total. The van der Waals surface area contributed by atoms with E-state index in [0.29, 0.717) is 6.04 Å². The summed E-state index contributed by atoms with van der Waals surface area (Å²) in [6.45, 7) is 2.19. The molecule has 0 bridgehead atoms. The summed E-state index contributed by atoms with van der Waals surface area (Å²) in [6.07, 6.45) is 6.44. The van der Waals surface area contributed by atoms with Gasteiger partial charge in [0.25, 0.3) is 0 Å². The Balaban J connectivity index is 1.97. The van der Waals surface area contributed by atoms with Crippen LogP contribution in [0, 0.1) is 0 Å². The molecule has 0 saturated heterocycles. The van der Waals surface area contributed by atoms with E-state index in [2.05, 4.69) is 28.5 Å².